The van der Waals surface area contributed by atoms with Crippen molar-refractivity contribution in [3.05, 3.63) is 63.7 Å². The highest BCUT2D eigenvalue weighted by molar-refractivity contribution is 9.10. The third kappa shape index (κ3) is 5.52. The molecular weight excluding hydrogens is 456 g/mol. The molecule has 3 aromatic rings. The van der Waals surface area contributed by atoms with E-state index in [9.17, 15) is 4.79 Å². The maximum Gasteiger partial charge on any atom is 0.407 e. The minimum atomic E-state index is -0.600. The molecule has 4 N–H and O–H groups in total. The van der Waals surface area contributed by atoms with E-state index < -0.39 is 11.6 Å². The van der Waals surface area contributed by atoms with E-state index in [1.54, 1.807) is 0 Å². The van der Waals surface area contributed by atoms with Crippen LogP contribution in [0.4, 0.5) is 16.2 Å². The zero-order valence-electron chi connectivity index (χ0n) is 16.1. The van der Waals surface area contributed by atoms with Crippen molar-refractivity contribution in [3.63, 3.8) is 0 Å². The van der Waals surface area contributed by atoms with Gasteiger partial charge < -0.3 is 21.1 Å². The fourth-order valence-electron chi connectivity index (χ4n) is 2.80. The first kappa shape index (κ1) is 21.2. The van der Waals surface area contributed by atoms with Gasteiger partial charge in [-0.3, -0.25) is 0 Å². The number of rotatable bonds is 6. The Balaban J connectivity index is 1.66. The summed E-state index contributed by atoms with van der Waals surface area (Å²) in [6.07, 6.45) is -0.491. The van der Waals surface area contributed by atoms with Gasteiger partial charge in [-0.2, -0.15) is 0 Å². The Bertz CT molecular complexity index is 1030. The number of hydrogen-bond acceptors (Lipinski definition) is 5. The Morgan fingerprint density at radius 2 is 1.97 bits per heavy atom. The third-order valence-electron chi connectivity index (χ3n) is 4.30. The Labute approximate surface area is 182 Å². The van der Waals surface area contributed by atoms with Gasteiger partial charge in [0.1, 0.15) is 6.61 Å². The van der Waals surface area contributed by atoms with Crippen LogP contribution in [0.25, 0.3) is 10.9 Å². The molecule has 0 spiro atoms. The zero-order valence-corrected chi connectivity index (χ0v) is 18.5. The van der Waals surface area contributed by atoms with Gasteiger partial charge in [0.2, 0.25) is 0 Å². The van der Waals surface area contributed by atoms with Crippen molar-refractivity contribution < 1.29 is 9.53 Å². The monoisotopic (exact) mass is 476 g/mol. The maximum atomic E-state index is 12.2. The minimum Gasteiger partial charge on any atom is -0.445 e. The number of pyridine rings is 1. The number of benzene rings is 2. The van der Waals surface area contributed by atoms with Crippen LogP contribution < -0.4 is 16.4 Å². The average molecular weight is 478 g/mol. The van der Waals surface area contributed by atoms with Crippen molar-refractivity contribution in [2.75, 3.05) is 17.6 Å². The van der Waals surface area contributed by atoms with Crippen molar-refractivity contribution in [2.45, 2.75) is 26.0 Å². The van der Waals surface area contributed by atoms with Gasteiger partial charge in [0.05, 0.1) is 22.4 Å². The molecule has 6 nitrogen and oxygen atoms in total. The molecule has 3 rings (SSSR count). The van der Waals surface area contributed by atoms with Crippen molar-refractivity contribution in [3.8, 4) is 0 Å². The predicted molar refractivity (Wildman–Crippen MR) is 121 cm³/mol. The Morgan fingerprint density at radius 1 is 1.24 bits per heavy atom. The number of alkyl carbamates (subject to hydrolysis) is 1. The highest BCUT2D eigenvalue weighted by atomic mass is 79.9. The van der Waals surface area contributed by atoms with Crippen molar-refractivity contribution in [2.24, 2.45) is 0 Å². The van der Waals surface area contributed by atoms with Crippen LogP contribution in [0.15, 0.2) is 53.0 Å². The lowest BCUT2D eigenvalue weighted by Gasteiger charge is -2.27. The normalized spacial score (nSPS) is 11.3. The second kappa shape index (κ2) is 8.88. The molecule has 0 radical (unpaired) electrons. The van der Waals surface area contributed by atoms with Gasteiger partial charge in [0.15, 0.2) is 5.15 Å². The molecule has 29 heavy (non-hydrogen) atoms. The van der Waals surface area contributed by atoms with E-state index in [2.05, 4.69) is 31.5 Å². The third-order valence-corrected chi connectivity index (χ3v) is 5.08. The number of nitrogen functional groups attached to an aromatic ring is 1. The number of nitrogens with one attached hydrogen (secondary N) is 2. The lowest BCUT2D eigenvalue weighted by atomic mass is 10.1. The van der Waals surface area contributed by atoms with Crippen LogP contribution >= 0.6 is 27.5 Å². The molecule has 0 aliphatic heterocycles. The highest BCUT2D eigenvalue weighted by Crippen LogP contribution is 2.34. The first-order chi connectivity index (χ1) is 13.7. The maximum absolute atomic E-state index is 12.2. The highest BCUT2D eigenvalue weighted by Gasteiger charge is 2.22. The zero-order chi connectivity index (χ0) is 21.0. The lowest BCUT2D eigenvalue weighted by Crippen LogP contribution is -2.48. The van der Waals surface area contributed by atoms with Crippen LogP contribution in [0, 0.1) is 0 Å². The molecule has 0 atom stereocenters. The smallest absolute Gasteiger partial charge is 0.407 e. The molecule has 0 aliphatic carbocycles. The number of carbonyl (C=O) groups is 1. The van der Waals surface area contributed by atoms with E-state index >= 15 is 0 Å². The first-order valence-electron chi connectivity index (χ1n) is 9.02. The summed E-state index contributed by atoms with van der Waals surface area (Å²) in [7, 11) is 0. The molecule has 0 saturated heterocycles. The molecule has 0 saturated carbocycles. The van der Waals surface area contributed by atoms with E-state index in [4.69, 9.17) is 22.1 Å². The summed E-state index contributed by atoms with van der Waals surface area (Å²) in [4.78, 5) is 16.5. The average Bonchev–Trinajstić information content (AvgIpc) is 2.67. The van der Waals surface area contributed by atoms with Gasteiger partial charge in [-0.1, -0.05) is 57.9 Å². The van der Waals surface area contributed by atoms with Gasteiger partial charge in [-0.25, -0.2) is 9.78 Å². The van der Waals surface area contributed by atoms with Gasteiger partial charge in [0, 0.05) is 16.4 Å². The molecule has 8 heteroatoms. The molecule has 1 amide bonds. The summed E-state index contributed by atoms with van der Waals surface area (Å²) in [6, 6.07) is 15.2. The van der Waals surface area contributed by atoms with E-state index in [1.807, 2.05) is 62.4 Å². The van der Waals surface area contributed by atoms with Crippen LogP contribution in [-0.4, -0.2) is 23.2 Å². The largest absolute Gasteiger partial charge is 0.445 e. The van der Waals surface area contributed by atoms with Crippen LogP contribution in [0.1, 0.15) is 19.4 Å². The summed E-state index contributed by atoms with van der Waals surface area (Å²) < 4.78 is 6.20. The lowest BCUT2D eigenvalue weighted by molar-refractivity contribution is 0.130. The van der Waals surface area contributed by atoms with E-state index in [0.717, 1.165) is 15.4 Å². The van der Waals surface area contributed by atoms with Gasteiger partial charge in [-0.15, -0.1) is 0 Å². The van der Waals surface area contributed by atoms with Crippen molar-refractivity contribution >= 4 is 55.9 Å². The van der Waals surface area contributed by atoms with Crippen molar-refractivity contribution in [1.82, 2.24) is 10.3 Å². The number of ether oxygens (including phenoxy) is 1. The number of aromatic nitrogens is 1. The fourth-order valence-corrected chi connectivity index (χ4v) is 3.34. The summed E-state index contributed by atoms with van der Waals surface area (Å²) in [5.41, 5.74) is 8.24. The van der Waals surface area contributed by atoms with Gasteiger partial charge in [0.25, 0.3) is 0 Å². The van der Waals surface area contributed by atoms with Crippen LogP contribution in [0.5, 0.6) is 0 Å². The molecule has 0 bridgehead atoms. The molecular formula is C21H22BrClN4O2. The first-order valence-corrected chi connectivity index (χ1v) is 10.2. The number of fused-ring (bicyclic) bond motifs is 1. The summed E-state index contributed by atoms with van der Waals surface area (Å²) in [5, 5.41) is 7.24. The number of anilines is 2. The van der Waals surface area contributed by atoms with Gasteiger partial charge in [-0.05, 0) is 37.6 Å². The standard InChI is InChI=1S/C21H22BrClN4O2/c1-21(2,27-20(28)29-11-13-6-4-3-5-7-13)12-25-18-15-9-8-14(22)10-16(15)26-19(23)17(18)24/h3-10H,11-12,24H2,1-2H3,(H,25,26)(H,27,28). The molecule has 0 fully saturated rings. The summed E-state index contributed by atoms with van der Waals surface area (Å²) >= 11 is 9.63. The SMILES string of the molecule is CC(C)(CNc1c(N)c(Cl)nc2cc(Br)ccc12)NC(=O)OCc1ccccc1. The van der Waals surface area contributed by atoms with Crippen LogP contribution in [-0.2, 0) is 11.3 Å². The fraction of sp³-hybridized carbons (Fsp3) is 0.238. The molecule has 152 valence electrons. The number of nitrogens with zero attached hydrogens (tertiary/aromatic N) is 1. The van der Waals surface area contributed by atoms with Crippen molar-refractivity contribution in [1.29, 1.82) is 0 Å². The van der Waals surface area contributed by atoms with Gasteiger partial charge >= 0.3 is 6.09 Å². The second-order valence-corrected chi connectivity index (χ2v) is 8.55. The Morgan fingerprint density at radius 3 is 2.69 bits per heavy atom. The predicted octanol–water partition coefficient (Wildman–Crippen LogP) is 5.35. The number of nitrogens with two attached hydrogens (primary N) is 1. The summed E-state index contributed by atoms with van der Waals surface area (Å²) in [5.74, 6) is 0. The van der Waals surface area contributed by atoms with E-state index in [-0.39, 0.29) is 11.8 Å². The minimum absolute atomic E-state index is 0.211. The van der Waals surface area contributed by atoms with E-state index in [1.165, 1.54) is 0 Å². The van der Waals surface area contributed by atoms with E-state index in [0.29, 0.717) is 23.4 Å². The second-order valence-electron chi connectivity index (χ2n) is 7.28. The number of halogens is 2. The number of amides is 1. The quantitative estimate of drug-likeness (QED) is 0.416. The Kier molecular flexibility index (Phi) is 6.49. The molecule has 1 aromatic heterocycles. The number of carbonyl (C=O) groups excluding carboxylic acids is 1. The molecule has 1 heterocycles. The van der Waals surface area contributed by atoms with Crippen LogP contribution in [0.2, 0.25) is 5.15 Å². The molecule has 0 aliphatic rings. The van der Waals surface area contributed by atoms with Crippen LogP contribution in [0.3, 0.4) is 0 Å². The number of hydrogen-bond donors (Lipinski definition) is 3. The summed E-state index contributed by atoms with van der Waals surface area (Å²) in [6.45, 7) is 4.40. The molecule has 2 aromatic carbocycles. The topological polar surface area (TPSA) is 89.3 Å². The molecule has 0 unspecified atom stereocenters. The Hall–Kier alpha value is -2.51.